The van der Waals surface area contributed by atoms with E-state index in [2.05, 4.69) is 29.9 Å². The van der Waals surface area contributed by atoms with Crippen molar-refractivity contribution in [1.82, 2.24) is 28.5 Å². The molecule has 4 aromatic rings. The zero-order valence-electron chi connectivity index (χ0n) is 26.3. The highest BCUT2D eigenvalue weighted by molar-refractivity contribution is 6.76. The maximum atomic E-state index is 13.7. The van der Waals surface area contributed by atoms with Gasteiger partial charge in [0, 0.05) is 46.8 Å². The van der Waals surface area contributed by atoms with Gasteiger partial charge in [-0.25, -0.2) is 14.2 Å². The van der Waals surface area contributed by atoms with Crippen LogP contribution in [0.25, 0.3) is 22.6 Å². The fraction of sp³-hybridized carbons (Fsp3) is 0.516. The lowest BCUT2D eigenvalue weighted by Crippen LogP contribution is -2.40. The van der Waals surface area contributed by atoms with Gasteiger partial charge < -0.3 is 9.57 Å². The number of nitrogens with zero attached hydrogens (tertiary/aromatic N) is 7. The van der Waals surface area contributed by atoms with Gasteiger partial charge in [0.2, 0.25) is 0 Å². The minimum absolute atomic E-state index is 0.122. The Balaban J connectivity index is 1.43. The molecule has 1 unspecified atom stereocenters. The Hall–Kier alpha value is -3.84. The lowest BCUT2D eigenvalue weighted by atomic mass is 10.0. The first-order chi connectivity index (χ1) is 21.1. The molecule has 0 saturated heterocycles. The van der Waals surface area contributed by atoms with Crippen LogP contribution in [0, 0.1) is 5.82 Å². The van der Waals surface area contributed by atoms with E-state index in [1.807, 2.05) is 20.0 Å². The molecule has 11 nitrogen and oxygen atoms in total. The van der Waals surface area contributed by atoms with E-state index in [0.29, 0.717) is 68.1 Å². The number of oxime groups is 1. The Kier molecular flexibility index (Phi) is 9.64. The molecule has 5 rings (SSSR count). The Morgan fingerprint density at radius 2 is 1.77 bits per heavy atom. The lowest BCUT2D eigenvalue weighted by Gasteiger charge is -2.16. The van der Waals surface area contributed by atoms with E-state index < -0.39 is 8.07 Å². The maximum Gasteiger partial charge on any atom is 0.332 e. The van der Waals surface area contributed by atoms with Crippen LogP contribution in [0.1, 0.15) is 38.7 Å². The largest absolute Gasteiger partial charge is 0.392 e. The van der Waals surface area contributed by atoms with E-state index in [-0.39, 0.29) is 29.9 Å². The summed E-state index contributed by atoms with van der Waals surface area (Å²) in [4.78, 5) is 37.6. The van der Waals surface area contributed by atoms with Gasteiger partial charge >= 0.3 is 5.69 Å². The summed E-state index contributed by atoms with van der Waals surface area (Å²) in [5, 5.41) is 8.83. The molecule has 0 bridgehead atoms. The number of halogens is 1. The fourth-order valence-electron chi connectivity index (χ4n) is 5.34. The number of aromatic nitrogens is 6. The van der Waals surface area contributed by atoms with Crippen molar-refractivity contribution in [1.29, 1.82) is 0 Å². The van der Waals surface area contributed by atoms with Crippen molar-refractivity contribution >= 4 is 24.9 Å². The van der Waals surface area contributed by atoms with Crippen LogP contribution in [0.2, 0.25) is 25.7 Å². The number of imidazole rings is 1. The number of benzene rings is 1. The molecule has 1 aromatic carbocycles. The molecule has 0 spiro atoms. The zero-order valence-corrected chi connectivity index (χ0v) is 27.3. The molecule has 1 atom stereocenters. The molecule has 236 valence electrons. The SMILES string of the molecule is CCCn1c(=O)c2c(nc(-c3cnn(CC4=NOC(Cc5ccc(F)cc5)C4)c3)n2COCC[Si](C)(C)C)n(CCC)c1=O. The van der Waals surface area contributed by atoms with Crippen molar-refractivity contribution in [2.24, 2.45) is 5.16 Å². The highest BCUT2D eigenvalue weighted by Crippen LogP contribution is 2.24. The van der Waals surface area contributed by atoms with Gasteiger partial charge in [-0.05, 0) is 36.6 Å². The highest BCUT2D eigenvalue weighted by Gasteiger charge is 2.25. The molecule has 44 heavy (non-hydrogen) atoms. The maximum absolute atomic E-state index is 13.7. The monoisotopic (exact) mass is 623 g/mol. The number of rotatable bonds is 14. The number of aryl methyl sites for hydroxylation is 1. The first-order valence-electron chi connectivity index (χ1n) is 15.4. The van der Waals surface area contributed by atoms with Gasteiger partial charge in [0.15, 0.2) is 11.2 Å². The number of fused-ring (bicyclic) bond motifs is 1. The Morgan fingerprint density at radius 3 is 2.48 bits per heavy atom. The highest BCUT2D eigenvalue weighted by atomic mass is 28.3. The number of hydrogen-bond donors (Lipinski definition) is 0. The van der Waals surface area contributed by atoms with Gasteiger partial charge in [0.1, 0.15) is 24.5 Å². The molecule has 1 aliphatic rings. The molecule has 4 heterocycles. The van der Waals surface area contributed by atoms with E-state index in [1.54, 1.807) is 32.1 Å². The average molecular weight is 624 g/mol. The van der Waals surface area contributed by atoms with Gasteiger partial charge in [-0.3, -0.25) is 23.2 Å². The summed E-state index contributed by atoms with van der Waals surface area (Å²) >= 11 is 0. The van der Waals surface area contributed by atoms with Gasteiger partial charge in [-0.2, -0.15) is 5.10 Å². The van der Waals surface area contributed by atoms with Gasteiger partial charge in [0.25, 0.3) is 5.56 Å². The first-order valence-corrected chi connectivity index (χ1v) is 19.1. The van der Waals surface area contributed by atoms with Gasteiger partial charge in [0.05, 0.1) is 24.0 Å². The Morgan fingerprint density at radius 1 is 1.05 bits per heavy atom. The van der Waals surface area contributed by atoms with Gasteiger partial charge in [-0.15, -0.1) is 0 Å². The standard InChI is InChI=1S/C31H42FN7O4Si/c1-6-12-37-29-27(30(40)38(13-7-2)31(37)41)39(21-42-14-15-44(3,4)5)28(34-29)23-18-33-36(19-23)20-25-17-26(43-35-25)16-22-8-10-24(32)11-9-22/h8-11,18-19,26H,6-7,12-17,20-21H2,1-5H3. The Labute approximate surface area is 256 Å². The summed E-state index contributed by atoms with van der Waals surface area (Å²) in [5.74, 6) is 0.258. The third-order valence-corrected chi connectivity index (χ3v) is 9.34. The smallest absolute Gasteiger partial charge is 0.332 e. The van der Waals surface area contributed by atoms with Crippen LogP contribution in [0.4, 0.5) is 4.39 Å². The van der Waals surface area contributed by atoms with Crippen molar-refractivity contribution in [2.45, 2.75) is 97.7 Å². The van der Waals surface area contributed by atoms with E-state index in [4.69, 9.17) is 14.6 Å². The predicted octanol–water partition coefficient (Wildman–Crippen LogP) is 4.88. The van der Waals surface area contributed by atoms with Crippen molar-refractivity contribution in [3.63, 3.8) is 0 Å². The van der Waals surface area contributed by atoms with Crippen LogP contribution in [-0.2, 0) is 42.4 Å². The predicted molar refractivity (Wildman–Crippen MR) is 171 cm³/mol. The average Bonchev–Trinajstić information content (AvgIpc) is 3.71. The van der Waals surface area contributed by atoms with Crippen molar-refractivity contribution < 1.29 is 14.0 Å². The summed E-state index contributed by atoms with van der Waals surface area (Å²) in [6, 6.07) is 7.40. The molecule has 0 N–H and O–H groups in total. The van der Waals surface area contributed by atoms with E-state index in [9.17, 15) is 14.0 Å². The summed E-state index contributed by atoms with van der Waals surface area (Å²) < 4.78 is 25.9. The molecule has 0 fully saturated rings. The van der Waals surface area contributed by atoms with Crippen LogP contribution in [0.3, 0.4) is 0 Å². The van der Waals surface area contributed by atoms with Crippen LogP contribution >= 0.6 is 0 Å². The molecule has 0 radical (unpaired) electrons. The third kappa shape index (κ3) is 7.10. The van der Waals surface area contributed by atoms with E-state index >= 15 is 0 Å². The minimum Gasteiger partial charge on any atom is -0.392 e. The van der Waals surface area contributed by atoms with Crippen LogP contribution in [0.5, 0.6) is 0 Å². The van der Waals surface area contributed by atoms with E-state index in [1.165, 1.54) is 16.7 Å². The molecule has 3 aromatic heterocycles. The third-order valence-electron chi connectivity index (χ3n) is 7.63. The summed E-state index contributed by atoms with van der Waals surface area (Å²) in [6.07, 6.45) is 6.10. The summed E-state index contributed by atoms with van der Waals surface area (Å²) in [7, 11) is -1.32. The molecule has 0 saturated carbocycles. The number of ether oxygens (including phenoxy) is 1. The molecular weight excluding hydrogens is 581 g/mol. The first kappa shape index (κ1) is 31.6. The summed E-state index contributed by atoms with van der Waals surface area (Å²) in [6.45, 7) is 12.7. The molecule has 13 heteroatoms. The summed E-state index contributed by atoms with van der Waals surface area (Å²) in [5.41, 5.74) is 2.56. The van der Waals surface area contributed by atoms with Gasteiger partial charge in [-0.1, -0.05) is 50.8 Å². The molecule has 0 amide bonds. The molecule has 0 aliphatic carbocycles. The zero-order chi connectivity index (χ0) is 31.4. The van der Waals surface area contributed by atoms with Crippen LogP contribution < -0.4 is 11.2 Å². The van der Waals surface area contributed by atoms with Crippen molar-refractivity contribution in [2.75, 3.05) is 6.61 Å². The second-order valence-electron chi connectivity index (χ2n) is 12.6. The quantitative estimate of drug-likeness (QED) is 0.146. The lowest BCUT2D eigenvalue weighted by molar-refractivity contribution is 0.0858. The molecule has 1 aliphatic heterocycles. The Bertz CT molecular complexity index is 1750. The normalized spacial score (nSPS) is 15.2. The fourth-order valence-corrected chi connectivity index (χ4v) is 6.10. The second-order valence-corrected chi connectivity index (χ2v) is 18.2. The number of hydrogen-bond acceptors (Lipinski definition) is 7. The van der Waals surface area contributed by atoms with Crippen molar-refractivity contribution in [3.05, 3.63) is 68.9 Å². The van der Waals surface area contributed by atoms with Crippen LogP contribution in [-0.4, -0.2) is 55.0 Å². The second kappa shape index (κ2) is 13.4. The van der Waals surface area contributed by atoms with Crippen molar-refractivity contribution in [3.8, 4) is 11.4 Å². The topological polar surface area (TPSA) is 110 Å². The van der Waals surface area contributed by atoms with Crippen LogP contribution in [0.15, 0.2) is 51.4 Å². The van der Waals surface area contributed by atoms with E-state index in [0.717, 1.165) is 23.7 Å². The minimum atomic E-state index is -1.32. The molecular formula is C31H42FN7O4Si.